The summed E-state index contributed by atoms with van der Waals surface area (Å²) in [5, 5.41) is 2.34. The SMILES string of the molecule is COC(CNC(=O)C(=O)N(C(C)=O)c1cccc(N)c1)OC. The summed E-state index contributed by atoms with van der Waals surface area (Å²) in [7, 11) is 2.80. The molecular weight excluding hydrogens is 290 g/mol. The first-order valence-corrected chi connectivity index (χ1v) is 6.44. The Morgan fingerprint density at radius 3 is 2.41 bits per heavy atom. The van der Waals surface area contributed by atoms with E-state index in [9.17, 15) is 14.4 Å². The lowest BCUT2D eigenvalue weighted by Gasteiger charge is -2.20. The number of imide groups is 1. The van der Waals surface area contributed by atoms with Crippen molar-refractivity contribution in [2.75, 3.05) is 31.4 Å². The van der Waals surface area contributed by atoms with Crippen LogP contribution in [0.4, 0.5) is 11.4 Å². The molecule has 0 bridgehead atoms. The summed E-state index contributed by atoms with van der Waals surface area (Å²) < 4.78 is 9.79. The first kappa shape index (κ1) is 17.6. The molecule has 0 spiro atoms. The summed E-state index contributed by atoms with van der Waals surface area (Å²) in [6.45, 7) is 1.15. The summed E-state index contributed by atoms with van der Waals surface area (Å²) in [6.07, 6.45) is -0.685. The van der Waals surface area contributed by atoms with Gasteiger partial charge in [-0.15, -0.1) is 0 Å². The van der Waals surface area contributed by atoms with E-state index in [1.165, 1.54) is 33.3 Å². The summed E-state index contributed by atoms with van der Waals surface area (Å²) in [6, 6.07) is 6.13. The number of benzene rings is 1. The van der Waals surface area contributed by atoms with Crippen LogP contribution in [0.1, 0.15) is 6.92 Å². The number of carbonyl (C=O) groups excluding carboxylic acids is 3. The van der Waals surface area contributed by atoms with Crippen LogP contribution >= 0.6 is 0 Å². The van der Waals surface area contributed by atoms with Gasteiger partial charge in [0.25, 0.3) is 0 Å². The van der Waals surface area contributed by atoms with Crippen LogP contribution in [0.25, 0.3) is 0 Å². The molecule has 8 nitrogen and oxygen atoms in total. The van der Waals surface area contributed by atoms with Gasteiger partial charge in [0.2, 0.25) is 5.91 Å². The predicted octanol–water partition coefficient (Wildman–Crippen LogP) is -0.117. The number of nitrogens with two attached hydrogens (primary N) is 1. The van der Waals surface area contributed by atoms with Gasteiger partial charge in [-0.1, -0.05) is 6.07 Å². The molecule has 0 aliphatic rings. The van der Waals surface area contributed by atoms with Crippen molar-refractivity contribution >= 4 is 29.1 Å². The van der Waals surface area contributed by atoms with Gasteiger partial charge < -0.3 is 20.5 Å². The Bertz CT molecular complexity index is 557. The van der Waals surface area contributed by atoms with Crippen molar-refractivity contribution in [3.05, 3.63) is 24.3 Å². The van der Waals surface area contributed by atoms with E-state index in [1.54, 1.807) is 12.1 Å². The molecule has 3 amide bonds. The van der Waals surface area contributed by atoms with Crippen molar-refractivity contribution in [1.82, 2.24) is 5.32 Å². The molecule has 0 heterocycles. The second kappa shape index (κ2) is 8.11. The molecule has 1 rings (SSSR count). The molecular formula is C14H19N3O5. The highest BCUT2D eigenvalue weighted by Crippen LogP contribution is 2.18. The number of amides is 3. The number of methoxy groups -OCH3 is 2. The van der Waals surface area contributed by atoms with Crippen LogP contribution in [0.3, 0.4) is 0 Å². The highest BCUT2D eigenvalue weighted by atomic mass is 16.7. The van der Waals surface area contributed by atoms with Gasteiger partial charge in [-0.05, 0) is 18.2 Å². The van der Waals surface area contributed by atoms with Crippen molar-refractivity contribution in [2.45, 2.75) is 13.2 Å². The quantitative estimate of drug-likeness (QED) is 0.446. The number of nitrogen functional groups attached to an aromatic ring is 1. The Balaban J connectivity index is 2.86. The van der Waals surface area contributed by atoms with Gasteiger partial charge in [-0.2, -0.15) is 0 Å². The van der Waals surface area contributed by atoms with Crippen LogP contribution in [-0.2, 0) is 23.9 Å². The zero-order chi connectivity index (χ0) is 16.7. The van der Waals surface area contributed by atoms with E-state index in [2.05, 4.69) is 5.32 Å². The first-order chi connectivity index (χ1) is 10.4. The minimum absolute atomic E-state index is 0.0275. The molecule has 0 saturated heterocycles. The first-order valence-electron chi connectivity index (χ1n) is 6.44. The van der Waals surface area contributed by atoms with Gasteiger partial charge in [0.15, 0.2) is 6.29 Å². The van der Waals surface area contributed by atoms with E-state index in [1.807, 2.05) is 0 Å². The third kappa shape index (κ3) is 4.54. The van der Waals surface area contributed by atoms with Crippen LogP contribution in [0.2, 0.25) is 0 Å². The molecule has 0 radical (unpaired) electrons. The lowest BCUT2D eigenvalue weighted by atomic mass is 10.2. The minimum Gasteiger partial charge on any atom is -0.399 e. The van der Waals surface area contributed by atoms with Crippen LogP contribution in [0, 0.1) is 0 Å². The number of nitrogens with one attached hydrogen (secondary N) is 1. The van der Waals surface area contributed by atoms with E-state index in [-0.39, 0.29) is 12.2 Å². The molecule has 8 heteroatoms. The molecule has 0 fully saturated rings. The molecule has 22 heavy (non-hydrogen) atoms. The lowest BCUT2D eigenvalue weighted by molar-refractivity contribution is -0.141. The third-order valence-corrected chi connectivity index (χ3v) is 2.80. The Kier molecular flexibility index (Phi) is 6.48. The van der Waals surface area contributed by atoms with Crippen LogP contribution in [-0.4, -0.2) is 44.8 Å². The summed E-state index contributed by atoms with van der Waals surface area (Å²) in [5.41, 5.74) is 6.22. The third-order valence-electron chi connectivity index (χ3n) is 2.80. The number of ether oxygens (including phenoxy) is 2. The number of nitrogens with zero attached hydrogens (tertiary/aromatic N) is 1. The fourth-order valence-electron chi connectivity index (χ4n) is 1.72. The minimum atomic E-state index is -1.01. The van der Waals surface area contributed by atoms with Crippen molar-refractivity contribution in [2.24, 2.45) is 0 Å². The van der Waals surface area contributed by atoms with Crippen molar-refractivity contribution in [3.8, 4) is 0 Å². The van der Waals surface area contributed by atoms with Crippen LogP contribution < -0.4 is 16.0 Å². The molecule has 0 unspecified atom stereocenters. The monoisotopic (exact) mass is 309 g/mol. The number of hydrogen-bond donors (Lipinski definition) is 2. The second-order valence-electron chi connectivity index (χ2n) is 4.37. The molecule has 0 aliphatic carbocycles. The van der Waals surface area contributed by atoms with Crippen LogP contribution in [0.5, 0.6) is 0 Å². The molecule has 0 saturated carbocycles. The largest absolute Gasteiger partial charge is 0.399 e. The Labute approximate surface area is 128 Å². The van der Waals surface area contributed by atoms with Gasteiger partial charge in [0, 0.05) is 26.8 Å². The molecule has 120 valence electrons. The zero-order valence-corrected chi connectivity index (χ0v) is 12.7. The fourth-order valence-corrected chi connectivity index (χ4v) is 1.72. The van der Waals surface area contributed by atoms with E-state index >= 15 is 0 Å². The lowest BCUT2D eigenvalue weighted by Crippen LogP contribution is -2.47. The van der Waals surface area contributed by atoms with E-state index in [0.717, 1.165) is 4.90 Å². The van der Waals surface area contributed by atoms with Gasteiger partial charge >= 0.3 is 11.8 Å². The van der Waals surface area contributed by atoms with Gasteiger partial charge in [-0.3, -0.25) is 14.4 Å². The second-order valence-corrected chi connectivity index (χ2v) is 4.37. The van der Waals surface area contributed by atoms with Crippen molar-refractivity contribution < 1.29 is 23.9 Å². The molecule has 0 atom stereocenters. The highest BCUT2D eigenvalue weighted by molar-refractivity contribution is 6.45. The highest BCUT2D eigenvalue weighted by Gasteiger charge is 2.27. The molecule has 1 aromatic carbocycles. The average molecular weight is 309 g/mol. The zero-order valence-electron chi connectivity index (χ0n) is 12.7. The fraction of sp³-hybridized carbons (Fsp3) is 0.357. The van der Waals surface area contributed by atoms with E-state index in [4.69, 9.17) is 15.2 Å². The molecule has 0 aliphatic heterocycles. The number of rotatable bonds is 5. The van der Waals surface area contributed by atoms with Gasteiger partial charge in [0.1, 0.15) is 0 Å². The summed E-state index contributed by atoms with van der Waals surface area (Å²) in [5.74, 6) is -2.55. The maximum absolute atomic E-state index is 12.2. The normalized spacial score (nSPS) is 10.4. The molecule has 0 aromatic heterocycles. The summed E-state index contributed by atoms with van der Waals surface area (Å²) >= 11 is 0. The number of anilines is 2. The average Bonchev–Trinajstić information content (AvgIpc) is 2.47. The summed E-state index contributed by atoms with van der Waals surface area (Å²) in [4.78, 5) is 36.5. The van der Waals surface area contributed by atoms with Crippen molar-refractivity contribution in [3.63, 3.8) is 0 Å². The number of hydrogen-bond acceptors (Lipinski definition) is 6. The van der Waals surface area contributed by atoms with E-state index < -0.39 is 24.0 Å². The maximum Gasteiger partial charge on any atom is 0.323 e. The van der Waals surface area contributed by atoms with Crippen molar-refractivity contribution in [1.29, 1.82) is 0 Å². The maximum atomic E-state index is 12.2. The smallest absolute Gasteiger partial charge is 0.323 e. The van der Waals surface area contributed by atoms with Crippen LogP contribution in [0.15, 0.2) is 24.3 Å². The standard InChI is InChI=1S/C14H19N3O5/c1-9(18)17(11-6-4-5-10(15)7-11)14(20)13(19)16-8-12(21-2)22-3/h4-7,12H,8,15H2,1-3H3,(H,16,19). The predicted molar refractivity (Wildman–Crippen MR) is 79.8 cm³/mol. The Morgan fingerprint density at radius 1 is 1.27 bits per heavy atom. The van der Waals surface area contributed by atoms with Gasteiger partial charge in [-0.25, -0.2) is 4.90 Å². The molecule has 3 N–H and O–H groups in total. The Morgan fingerprint density at radius 2 is 1.91 bits per heavy atom. The molecule has 1 aromatic rings. The number of carbonyl (C=O) groups is 3. The van der Waals surface area contributed by atoms with Gasteiger partial charge in [0.05, 0.1) is 12.2 Å². The van der Waals surface area contributed by atoms with E-state index in [0.29, 0.717) is 5.69 Å². The Hall–Kier alpha value is -2.45. The topological polar surface area (TPSA) is 111 Å².